The van der Waals surface area contributed by atoms with E-state index < -0.39 is 0 Å². The number of hydrogen-bond acceptors (Lipinski definition) is 4. The van der Waals surface area contributed by atoms with Crippen molar-refractivity contribution in [2.75, 3.05) is 5.32 Å². The van der Waals surface area contributed by atoms with Gasteiger partial charge >= 0.3 is 0 Å². The molecule has 4 rings (SSSR count). The van der Waals surface area contributed by atoms with Crippen LogP contribution in [0.1, 0.15) is 21.5 Å². The second-order valence-electron chi connectivity index (χ2n) is 6.72. The van der Waals surface area contributed by atoms with Crippen molar-refractivity contribution in [3.05, 3.63) is 102 Å². The van der Waals surface area contributed by atoms with Crippen molar-refractivity contribution in [1.29, 1.82) is 5.26 Å². The van der Waals surface area contributed by atoms with Crippen molar-refractivity contribution in [1.82, 2.24) is 10.3 Å². The summed E-state index contributed by atoms with van der Waals surface area (Å²) in [6, 6.07) is 22.4. The molecule has 0 aliphatic rings. The summed E-state index contributed by atoms with van der Waals surface area (Å²) >= 11 is 0. The molecule has 0 radical (unpaired) electrons. The molecule has 6 heteroatoms. The number of carbonyl (C=O) groups is 1. The number of rotatable bonds is 5. The van der Waals surface area contributed by atoms with Crippen LogP contribution in [0.3, 0.4) is 0 Å². The van der Waals surface area contributed by atoms with Gasteiger partial charge in [0.1, 0.15) is 5.82 Å². The third kappa shape index (κ3) is 4.26. The minimum absolute atomic E-state index is 0.230. The van der Waals surface area contributed by atoms with Gasteiger partial charge in [-0.1, -0.05) is 18.2 Å². The Kier molecular flexibility index (Phi) is 5.35. The molecule has 2 N–H and O–H groups in total. The highest BCUT2D eigenvalue weighted by molar-refractivity contribution is 5.96. The van der Waals surface area contributed by atoms with Crippen LogP contribution in [-0.2, 0) is 6.54 Å². The van der Waals surface area contributed by atoms with Crippen LogP contribution in [0.5, 0.6) is 0 Å². The average molecular weight is 396 g/mol. The third-order valence-corrected chi connectivity index (χ3v) is 4.62. The molecule has 0 bridgehead atoms. The quantitative estimate of drug-likeness (QED) is 0.502. The van der Waals surface area contributed by atoms with E-state index in [2.05, 4.69) is 21.7 Å². The smallest absolute Gasteiger partial charge is 0.251 e. The summed E-state index contributed by atoms with van der Waals surface area (Å²) in [6.45, 7) is 0.320. The Morgan fingerprint density at radius 2 is 1.90 bits per heavy atom. The van der Waals surface area contributed by atoms with Gasteiger partial charge < -0.3 is 10.6 Å². The second-order valence-corrected chi connectivity index (χ2v) is 6.72. The standard InChI is InChI=1S/C24H17FN4O/c25-19-7-8-22-21(13-19)23(9-10-27-22)29-20-6-2-5-18(12-20)24(30)28-15-17-4-1-3-16(11-17)14-26/h1-13H,15H2,(H,27,29)(H,28,30). The highest BCUT2D eigenvalue weighted by atomic mass is 19.1. The number of halogens is 1. The molecule has 146 valence electrons. The van der Waals surface area contributed by atoms with Crippen molar-refractivity contribution in [2.24, 2.45) is 0 Å². The second kappa shape index (κ2) is 8.41. The molecule has 0 fully saturated rings. The number of fused-ring (bicyclic) bond motifs is 1. The SMILES string of the molecule is N#Cc1cccc(CNC(=O)c2cccc(Nc3ccnc4ccc(F)cc34)c2)c1. The maximum absolute atomic E-state index is 13.7. The summed E-state index contributed by atoms with van der Waals surface area (Å²) in [7, 11) is 0. The van der Waals surface area contributed by atoms with Crippen molar-refractivity contribution < 1.29 is 9.18 Å². The Balaban J connectivity index is 1.51. The van der Waals surface area contributed by atoms with Crippen LogP contribution in [0.4, 0.5) is 15.8 Å². The minimum Gasteiger partial charge on any atom is -0.355 e. The number of aromatic nitrogens is 1. The zero-order valence-electron chi connectivity index (χ0n) is 15.9. The Morgan fingerprint density at radius 3 is 2.77 bits per heavy atom. The third-order valence-electron chi connectivity index (χ3n) is 4.62. The molecule has 5 nitrogen and oxygen atoms in total. The minimum atomic E-state index is -0.341. The van der Waals surface area contributed by atoms with Gasteiger partial charge in [-0.3, -0.25) is 9.78 Å². The van der Waals surface area contributed by atoms with Gasteiger partial charge in [0.05, 0.1) is 17.1 Å². The van der Waals surface area contributed by atoms with Gasteiger partial charge in [0, 0.05) is 35.1 Å². The highest BCUT2D eigenvalue weighted by Gasteiger charge is 2.08. The fraction of sp³-hybridized carbons (Fsp3) is 0.0417. The molecule has 0 unspecified atom stereocenters. The van der Waals surface area contributed by atoms with E-state index in [0.29, 0.717) is 39.9 Å². The molecule has 0 atom stereocenters. The molecule has 0 saturated heterocycles. The van der Waals surface area contributed by atoms with Crippen LogP contribution in [0.2, 0.25) is 0 Å². The van der Waals surface area contributed by atoms with Crippen LogP contribution in [0.15, 0.2) is 79.0 Å². The Labute approximate surface area is 172 Å². The van der Waals surface area contributed by atoms with Gasteiger partial charge in [-0.25, -0.2) is 4.39 Å². The van der Waals surface area contributed by atoms with Gasteiger partial charge in [0.15, 0.2) is 0 Å². The van der Waals surface area contributed by atoms with Crippen molar-refractivity contribution in [3.8, 4) is 6.07 Å². The molecule has 0 aliphatic carbocycles. The number of hydrogen-bond donors (Lipinski definition) is 2. The summed E-state index contributed by atoms with van der Waals surface area (Å²) < 4.78 is 13.7. The summed E-state index contributed by atoms with van der Waals surface area (Å²) in [5.41, 5.74) is 3.96. The fourth-order valence-electron chi connectivity index (χ4n) is 3.16. The van der Waals surface area contributed by atoms with Gasteiger partial charge in [-0.2, -0.15) is 5.26 Å². The lowest BCUT2D eigenvalue weighted by atomic mass is 10.1. The summed E-state index contributed by atoms with van der Waals surface area (Å²) in [4.78, 5) is 16.8. The van der Waals surface area contributed by atoms with E-state index >= 15 is 0 Å². The van der Waals surface area contributed by atoms with Gasteiger partial charge in [-0.05, 0) is 60.2 Å². The molecule has 0 aliphatic heterocycles. The number of nitrogens with one attached hydrogen (secondary N) is 2. The lowest BCUT2D eigenvalue weighted by molar-refractivity contribution is 0.0951. The van der Waals surface area contributed by atoms with E-state index in [1.165, 1.54) is 12.1 Å². The lowest BCUT2D eigenvalue weighted by Gasteiger charge is -2.11. The van der Waals surface area contributed by atoms with Crippen LogP contribution in [-0.4, -0.2) is 10.9 Å². The van der Waals surface area contributed by atoms with Crippen molar-refractivity contribution >= 4 is 28.2 Å². The molecular formula is C24H17FN4O. The zero-order chi connectivity index (χ0) is 20.9. The summed E-state index contributed by atoms with van der Waals surface area (Å²) in [6.07, 6.45) is 1.65. The first-order valence-corrected chi connectivity index (χ1v) is 9.31. The monoisotopic (exact) mass is 396 g/mol. The topological polar surface area (TPSA) is 77.8 Å². The van der Waals surface area contributed by atoms with E-state index in [1.807, 2.05) is 12.1 Å². The first-order chi connectivity index (χ1) is 14.6. The number of benzene rings is 3. The number of nitrogens with zero attached hydrogens (tertiary/aromatic N) is 2. The fourth-order valence-corrected chi connectivity index (χ4v) is 3.16. The van der Waals surface area contributed by atoms with E-state index in [9.17, 15) is 9.18 Å². The predicted octanol–water partition coefficient (Wildman–Crippen LogP) is 4.92. The van der Waals surface area contributed by atoms with Crippen molar-refractivity contribution in [3.63, 3.8) is 0 Å². The number of amides is 1. The molecule has 0 spiro atoms. The molecule has 4 aromatic rings. The van der Waals surface area contributed by atoms with E-state index in [1.54, 1.807) is 54.7 Å². The Morgan fingerprint density at radius 1 is 1.03 bits per heavy atom. The predicted molar refractivity (Wildman–Crippen MR) is 114 cm³/mol. The molecule has 1 amide bonds. The number of carbonyl (C=O) groups excluding carboxylic acids is 1. The van der Waals surface area contributed by atoms with Crippen LogP contribution in [0.25, 0.3) is 10.9 Å². The number of nitriles is 1. The Bertz CT molecular complexity index is 1280. The van der Waals surface area contributed by atoms with Crippen molar-refractivity contribution in [2.45, 2.75) is 6.54 Å². The first-order valence-electron chi connectivity index (χ1n) is 9.31. The highest BCUT2D eigenvalue weighted by Crippen LogP contribution is 2.26. The maximum Gasteiger partial charge on any atom is 0.251 e. The zero-order valence-corrected chi connectivity index (χ0v) is 15.9. The summed E-state index contributed by atoms with van der Waals surface area (Å²) in [5.74, 6) is -0.571. The van der Waals surface area contributed by atoms with Gasteiger partial charge in [0.25, 0.3) is 5.91 Å². The normalized spacial score (nSPS) is 10.4. The molecule has 30 heavy (non-hydrogen) atoms. The molecule has 1 heterocycles. The lowest BCUT2D eigenvalue weighted by Crippen LogP contribution is -2.22. The summed E-state index contributed by atoms with van der Waals surface area (Å²) in [5, 5.41) is 15.7. The first kappa shape index (κ1) is 19.1. The number of pyridine rings is 1. The molecular weight excluding hydrogens is 379 g/mol. The maximum atomic E-state index is 13.7. The van der Waals surface area contributed by atoms with E-state index in [4.69, 9.17) is 5.26 Å². The van der Waals surface area contributed by atoms with Gasteiger partial charge in [-0.15, -0.1) is 0 Å². The van der Waals surface area contributed by atoms with Crippen LogP contribution >= 0.6 is 0 Å². The van der Waals surface area contributed by atoms with Crippen LogP contribution in [0, 0.1) is 17.1 Å². The largest absolute Gasteiger partial charge is 0.355 e. The van der Waals surface area contributed by atoms with Gasteiger partial charge in [0.2, 0.25) is 0 Å². The van der Waals surface area contributed by atoms with Crippen LogP contribution < -0.4 is 10.6 Å². The van der Waals surface area contributed by atoms with E-state index in [0.717, 1.165) is 5.56 Å². The average Bonchev–Trinajstić information content (AvgIpc) is 2.78. The molecule has 3 aromatic carbocycles. The number of anilines is 2. The molecule has 1 aromatic heterocycles. The Hall–Kier alpha value is -4.24. The van der Waals surface area contributed by atoms with E-state index in [-0.39, 0.29) is 11.7 Å². The molecule has 0 saturated carbocycles.